The molecule has 0 saturated carbocycles. The first-order chi connectivity index (χ1) is 13.3. The van der Waals surface area contributed by atoms with Gasteiger partial charge in [-0.15, -0.1) is 0 Å². The number of primary amides is 1. The molecule has 0 saturated heterocycles. The molecule has 11 heteroatoms. The van der Waals surface area contributed by atoms with E-state index in [-0.39, 0.29) is 0 Å². The summed E-state index contributed by atoms with van der Waals surface area (Å²) in [4.78, 5) is 14.0. The highest BCUT2D eigenvalue weighted by Gasteiger charge is 2.58. The van der Waals surface area contributed by atoms with Crippen LogP contribution < -0.4 is 5.73 Å². The Morgan fingerprint density at radius 1 is 0.679 bits per heavy atom. The van der Waals surface area contributed by atoms with Gasteiger partial charge in [0.25, 0.3) is 0 Å². The van der Waals surface area contributed by atoms with Gasteiger partial charge in [0.1, 0.15) is 11.3 Å². The summed E-state index contributed by atoms with van der Waals surface area (Å²) in [5.41, 5.74) is 4.71. The van der Waals surface area contributed by atoms with Crippen LogP contribution >= 0.6 is 0 Å². The average molecular weight is 441 g/mol. The maximum atomic E-state index is 12.6. The molecule has 0 bridgehead atoms. The average Bonchev–Trinajstić information content (AvgIpc) is 2.62. The van der Waals surface area contributed by atoms with E-state index < -0.39 is 35.0 Å². The van der Waals surface area contributed by atoms with Crippen molar-refractivity contribution in [3.05, 3.63) is 0 Å². The Hall–Kier alpha value is -0.536. The van der Waals surface area contributed by atoms with Crippen LogP contribution in [0, 0.1) is 0 Å². The molecule has 2 unspecified atom stereocenters. The van der Waals surface area contributed by atoms with Crippen LogP contribution in [0.3, 0.4) is 0 Å². The molecular formula is C17H40N2O7Si2. The monoisotopic (exact) mass is 440 g/mol. The predicted octanol–water partition coefficient (Wildman–Crippen LogP) is 2.32. The van der Waals surface area contributed by atoms with E-state index in [1.54, 1.807) is 0 Å². The van der Waals surface area contributed by atoms with Gasteiger partial charge in [-0.25, -0.2) is 4.79 Å². The lowest BCUT2D eigenvalue weighted by Gasteiger charge is -2.45. The normalized spacial score (nSPS) is 14.7. The SMILES string of the molecule is CCO[Si](OCC)(OCC)C(C)N(C(N)=O)C(C)[Si](OCC)(OCC)OCC. The van der Waals surface area contributed by atoms with E-state index in [0.29, 0.717) is 39.6 Å². The minimum absolute atomic E-state index is 0.391. The van der Waals surface area contributed by atoms with Crippen molar-refractivity contribution in [2.45, 2.75) is 66.7 Å². The lowest BCUT2D eigenvalue weighted by molar-refractivity contribution is 0.0212. The molecular weight excluding hydrogens is 400 g/mol. The number of carbonyl (C=O) groups is 1. The van der Waals surface area contributed by atoms with Crippen LogP contribution in [0.25, 0.3) is 0 Å². The van der Waals surface area contributed by atoms with Gasteiger partial charge in [-0.2, -0.15) is 0 Å². The Kier molecular flexibility index (Phi) is 13.4. The van der Waals surface area contributed by atoms with Crippen molar-refractivity contribution in [2.24, 2.45) is 5.73 Å². The number of nitrogens with two attached hydrogens (primary N) is 1. The number of carbonyl (C=O) groups excluding carboxylic acids is 1. The van der Waals surface area contributed by atoms with E-state index in [1.165, 1.54) is 4.90 Å². The molecule has 2 amide bonds. The predicted molar refractivity (Wildman–Crippen MR) is 112 cm³/mol. The molecule has 0 aromatic rings. The van der Waals surface area contributed by atoms with Crippen LogP contribution in [0.4, 0.5) is 4.79 Å². The van der Waals surface area contributed by atoms with E-state index >= 15 is 0 Å². The zero-order chi connectivity index (χ0) is 21.8. The van der Waals surface area contributed by atoms with Crippen LogP contribution in [0.5, 0.6) is 0 Å². The third-order valence-electron chi connectivity index (χ3n) is 4.19. The minimum atomic E-state index is -3.25. The Labute approximate surface area is 172 Å². The van der Waals surface area contributed by atoms with E-state index in [4.69, 9.17) is 32.3 Å². The maximum Gasteiger partial charge on any atom is 0.524 e. The highest BCUT2D eigenvalue weighted by atomic mass is 28.4. The molecule has 0 aliphatic heterocycles. The largest absolute Gasteiger partial charge is 0.524 e. The molecule has 2 atom stereocenters. The van der Waals surface area contributed by atoms with Crippen molar-refractivity contribution in [1.82, 2.24) is 4.90 Å². The van der Waals surface area contributed by atoms with Crippen molar-refractivity contribution >= 4 is 23.6 Å². The molecule has 28 heavy (non-hydrogen) atoms. The van der Waals surface area contributed by atoms with Gasteiger partial charge in [0.05, 0.1) is 0 Å². The van der Waals surface area contributed by atoms with Crippen LogP contribution in [-0.4, -0.2) is 79.5 Å². The minimum Gasteiger partial charge on any atom is -0.373 e. The summed E-state index contributed by atoms with van der Waals surface area (Å²) in [6.07, 6.45) is 0. The number of hydrogen-bond acceptors (Lipinski definition) is 7. The van der Waals surface area contributed by atoms with E-state index in [1.807, 2.05) is 55.4 Å². The summed E-state index contributed by atoms with van der Waals surface area (Å²) < 4.78 is 35.9. The molecule has 0 spiro atoms. The summed E-state index contributed by atoms with van der Waals surface area (Å²) in [6, 6.07) is -0.632. The second-order valence-electron chi connectivity index (χ2n) is 5.90. The topological polar surface area (TPSA) is 102 Å². The number of hydrogen-bond donors (Lipinski definition) is 1. The summed E-state index contributed by atoms with van der Waals surface area (Å²) in [7, 11) is -6.51. The zero-order valence-electron chi connectivity index (χ0n) is 18.8. The van der Waals surface area contributed by atoms with Crippen molar-refractivity contribution in [2.75, 3.05) is 39.6 Å². The highest BCUT2D eigenvalue weighted by molar-refractivity contribution is 6.64. The van der Waals surface area contributed by atoms with Gasteiger partial charge >= 0.3 is 23.6 Å². The van der Waals surface area contributed by atoms with E-state index in [9.17, 15) is 4.79 Å². The Bertz CT molecular complexity index is 380. The first-order valence-corrected chi connectivity index (χ1v) is 13.8. The first-order valence-electron chi connectivity index (χ1n) is 10.2. The second-order valence-corrected chi connectivity index (χ2v) is 11.7. The number of nitrogens with zero attached hydrogens (tertiary/aromatic N) is 1. The molecule has 9 nitrogen and oxygen atoms in total. The maximum absolute atomic E-state index is 12.6. The summed E-state index contributed by atoms with van der Waals surface area (Å²) >= 11 is 0. The lowest BCUT2D eigenvalue weighted by atomic mass is 10.5. The number of urea groups is 1. The van der Waals surface area contributed by atoms with E-state index in [2.05, 4.69) is 0 Å². The fraction of sp³-hybridized carbons (Fsp3) is 0.941. The molecule has 0 aliphatic carbocycles. The van der Waals surface area contributed by atoms with Gasteiger partial charge in [-0.05, 0) is 55.4 Å². The Balaban J connectivity index is 6.19. The summed E-state index contributed by atoms with van der Waals surface area (Å²) in [6.45, 7) is 17.2. The molecule has 0 aromatic heterocycles. The standard InChI is InChI=1S/C17H40N2O7Si2/c1-9-21-27(22-10-2,23-11-3)15(7)19(17(18)20)16(8)28(24-12-4,25-13-5)26-14-6/h15-16H,9-14H2,1-8H3,(H2,18,20). The number of rotatable bonds is 16. The highest BCUT2D eigenvalue weighted by Crippen LogP contribution is 2.27. The third kappa shape index (κ3) is 6.76. The quantitative estimate of drug-likeness (QED) is 0.367. The molecule has 0 heterocycles. The van der Waals surface area contributed by atoms with Crippen molar-refractivity contribution in [3.63, 3.8) is 0 Å². The fourth-order valence-electron chi connectivity index (χ4n) is 3.24. The van der Waals surface area contributed by atoms with Gasteiger partial charge in [0, 0.05) is 39.6 Å². The van der Waals surface area contributed by atoms with Gasteiger partial charge < -0.3 is 37.2 Å². The van der Waals surface area contributed by atoms with Crippen LogP contribution in [0.1, 0.15) is 55.4 Å². The summed E-state index contributed by atoms with van der Waals surface area (Å²) in [5, 5.41) is 0. The van der Waals surface area contributed by atoms with Crippen LogP contribution in [-0.2, 0) is 26.6 Å². The van der Waals surface area contributed by atoms with Gasteiger partial charge in [-0.1, -0.05) is 0 Å². The van der Waals surface area contributed by atoms with Crippen molar-refractivity contribution in [1.29, 1.82) is 0 Å². The molecule has 0 radical (unpaired) electrons. The summed E-state index contributed by atoms with van der Waals surface area (Å²) in [5.74, 6) is 0. The number of amides is 2. The molecule has 0 rings (SSSR count). The van der Waals surface area contributed by atoms with Crippen molar-refractivity contribution in [3.8, 4) is 0 Å². The smallest absolute Gasteiger partial charge is 0.373 e. The molecule has 0 aromatic carbocycles. The third-order valence-corrected chi connectivity index (χ3v) is 10.9. The van der Waals surface area contributed by atoms with Gasteiger partial charge in [-0.3, -0.25) is 0 Å². The van der Waals surface area contributed by atoms with E-state index in [0.717, 1.165) is 0 Å². The van der Waals surface area contributed by atoms with Crippen LogP contribution in [0.15, 0.2) is 0 Å². The Morgan fingerprint density at radius 3 is 1.04 bits per heavy atom. The fourth-order valence-corrected chi connectivity index (χ4v) is 9.13. The zero-order valence-corrected chi connectivity index (χ0v) is 20.8. The Morgan fingerprint density at radius 2 is 0.893 bits per heavy atom. The molecule has 168 valence electrons. The molecule has 0 fully saturated rings. The molecule has 0 aliphatic rings. The molecule has 2 N–H and O–H groups in total. The van der Waals surface area contributed by atoms with Gasteiger partial charge in [0.2, 0.25) is 0 Å². The second kappa shape index (κ2) is 13.6. The van der Waals surface area contributed by atoms with Crippen LogP contribution in [0.2, 0.25) is 0 Å². The van der Waals surface area contributed by atoms with Crippen molar-refractivity contribution < 1.29 is 31.4 Å². The van der Waals surface area contributed by atoms with Gasteiger partial charge in [0.15, 0.2) is 0 Å². The first kappa shape index (κ1) is 27.5. The lowest BCUT2D eigenvalue weighted by Crippen LogP contribution is -2.71.